The molecule has 0 N–H and O–H groups in total. The molecule has 0 saturated carbocycles. The number of rotatable bonds is 6. The highest BCUT2D eigenvalue weighted by molar-refractivity contribution is 8.00. The summed E-state index contributed by atoms with van der Waals surface area (Å²) in [4.78, 5) is 14.6. The summed E-state index contributed by atoms with van der Waals surface area (Å²) in [5.74, 6) is 3.09. The van der Waals surface area contributed by atoms with Crippen LogP contribution >= 0.6 is 35.0 Å². The Hall–Kier alpha value is -3.12. The first-order valence-corrected chi connectivity index (χ1v) is 12.4. The third kappa shape index (κ3) is 5.02. The van der Waals surface area contributed by atoms with Gasteiger partial charge in [-0.3, -0.25) is 9.69 Å². The minimum atomic E-state index is -0.149. The normalized spacial score (nSPS) is 15.4. The van der Waals surface area contributed by atoms with Crippen molar-refractivity contribution in [2.24, 2.45) is 0 Å². The highest BCUT2D eigenvalue weighted by atomic mass is 35.5. The molecule has 1 aliphatic heterocycles. The predicted octanol–water partition coefficient (Wildman–Crippen LogP) is 8.36. The second kappa shape index (κ2) is 10.0. The maximum Gasteiger partial charge on any atom is 0.238 e. The molecule has 4 aromatic carbocycles. The van der Waals surface area contributed by atoms with E-state index < -0.39 is 0 Å². The quantitative estimate of drug-likeness (QED) is 0.262. The molecule has 7 heteroatoms. The first-order chi connectivity index (χ1) is 16.6. The molecule has 1 saturated heterocycles. The molecule has 1 amide bonds. The minimum Gasteiger partial charge on any atom is -0.457 e. The van der Waals surface area contributed by atoms with Gasteiger partial charge in [0.2, 0.25) is 5.91 Å². The Morgan fingerprint density at radius 2 is 1.50 bits per heavy atom. The van der Waals surface area contributed by atoms with Crippen molar-refractivity contribution in [3.63, 3.8) is 0 Å². The summed E-state index contributed by atoms with van der Waals surface area (Å²) in [5, 5.41) is 0.826. The molecular formula is C27H19Cl2NO3S. The molecule has 1 fully saturated rings. The summed E-state index contributed by atoms with van der Waals surface area (Å²) in [7, 11) is 0. The van der Waals surface area contributed by atoms with Gasteiger partial charge in [-0.25, -0.2) is 0 Å². The lowest BCUT2D eigenvalue weighted by atomic mass is 10.1. The lowest BCUT2D eigenvalue weighted by Gasteiger charge is -2.25. The van der Waals surface area contributed by atoms with Crippen molar-refractivity contribution < 1.29 is 14.3 Å². The van der Waals surface area contributed by atoms with Crippen LogP contribution in [0, 0.1) is 0 Å². The van der Waals surface area contributed by atoms with Gasteiger partial charge in [-0.15, -0.1) is 11.8 Å². The van der Waals surface area contributed by atoms with Gasteiger partial charge in [0.1, 0.15) is 28.4 Å². The van der Waals surface area contributed by atoms with Gasteiger partial charge in [-0.05, 0) is 72.3 Å². The van der Waals surface area contributed by atoms with E-state index in [2.05, 4.69) is 0 Å². The third-order valence-electron chi connectivity index (χ3n) is 5.23. The molecule has 0 radical (unpaired) electrons. The molecule has 0 bridgehead atoms. The number of para-hydroxylation sites is 1. The van der Waals surface area contributed by atoms with Gasteiger partial charge in [0, 0.05) is 10.7 Å². The van der Waals surface area contributed by atoms with E-state index in [1.165, 1.54) is 0 Å². The van der Waals surface area contributed by atoms with Crippen molar-refractivity contribution in [1.82, 2.24) is 0 Å². The van der Waals surface area contributed by atoms with E-state index in [0.29, 0.717) is 27.3 Å². The summed E-state index contributed by atoms with van der Waals surface area (Å²) in [6.07, 6.45) is 0. The maximum atomic E-state index is 12.8. The second-order valence-electron chi connectivity index (χ2n) is 7.59. The smallest absolute Gasteiger partial charge is 0.238 e. The number of benzene rings is 4. The first kappa shape index (κ1) is 22.7. The van der Waals surface area contributed by atoms with Crippen LogP contribution in [0.4, 0.5) is 5.69 Å². The summed E-state index contributed by atoms with van der Waals surface area (Å²) in [6.45, 7) is 0. The van der Waals surface area contributed by atoms with Crippen molar-refractivity contribution in [2.75, 3.05) is 10.7 Å². The number of ether oxygens (including phenoxy) is 2. The number of carbonyl (C=O) groups excluding carboxylic acids is 1. The molecular weight excluding hydrogens is 489 g/mol. The van der Waals surface area contributed by atoms with Crippen LogP contribution in [0.3, 0.4) is 0 Å². The molecule has 1 atom stereocenters. The average Bonchev–Trinajstić information content (AvgIpc) is 3.23. The van der Waals surface area contributed by atoms with E-state index >= 15 is 0 Å². The highest BCUT2D eigenvalue weighted by Crippen LogP contribution is 2.43. The first-order valence-electron chi connectivity index (χ1n) is 10.6. The molecule has 5 rings (SSSR count). The van der Waals surface area contributed by atoms with Crippen LogP contribution < -0.4 is 14.4 Å². The number of hydrogen-bond donors (Lipinski definition) is 0. The molecule has 4 aromatic rings. The van der Waals surface area contributed by atoms with Crippen molar-refractivity contribution in [1.29, 1.82) is 0 Å². The summed E-state index contributed by atoms with van der Waals surface area (Å²) < 4.78 is 11.9. The molecule has 34 heavy (non-hydrogen) atoms. The monoisotopic (exact) mass is 507 g/mol. The Bertz CT molecular complexity index is 1320. The fraction of sp³-hybridized carbons (Fsp3) is 0.0741. The number of anilines is 1. The number of carbonyl (C=O) groups is 1. The van der Waals surface area contributed by atoms with Crippen LogP contribution in [0.5, 0.6) is 23.0 Å². The number of hydrogen-bond acceptors (Lipinski definition) is 4. The molecule has 0 aromatic heterocycles. The fourth-order valence-electron chi connectivity index (χ4n) is 3.67. The van der Waals surface area contributed by atoms with Crippen LogP contribution in [0.25, 0.3) is 0 Å². The van der Waals surface area contributed by atoms with E-state index in [4.69, 9.17) is 32.7 Å². The van der Waals surface area contributed by atoms with Gasteiger partial charge in [0.15, 0.2) is 0 Å². The van der Waals surface area contributed by atoms with Crippen molar-refractivity contribution in [3.8, 4) is 23.0 Å². The van der Waals surface area contributed by atoms with Crippen LogP contribution in [-0.4, -0.2) is 11.7 Å². The molecule has 1 aliphatic rings. The Morgan fingerprint density at radius 3 is 2.26 bits per heavy atom. The predicted molar refractivity (Wildman–Crippen MR) is 139 cm³/mol. The van der Waals surface area contributed by atoms with E-state index in [1.807, 2.05) is 83.8 Å². The maximum absolute atomic E-state index is 12.8. The number of nitrogens with zero attached hydrogens (tertiary/aromatic N) is 1. The second-order valence-corrected chi connectivity index (χ2v) is 9.50. The molecule has 1 heterocycles. The minimum absolute atomic E-state index is 0.0544. The Kier molecular flexibility index (Phi) is 6.68. The van der Waals surface area contributed by atoms with Crippen molar-refractivity contribution >= 4 is 46.6 Å². The van der Waals surface area contributed by atoms with Crippen LogP contribution in [-0.2, 0) is 4.79 Å². The molecule has 170 valence electrons. The number of thioether (sulfide) groups is 1. The van der Waals surface area contributed by atoms with Gasteiger partial charge < -0.3 is 9.47 Å². The van der Waals surface area contributed by atoms with Crippen LogP contribution in [0.2, 0.25) is 10.0 Å². The Morgan fingerprint density at radius 1 is 0.765 bits per heavy atom. The third-order valence-corrected chi connectivity index (χ3v) is 6.97. The van der Waals surface area contributed by atoms with E-state index in [9.17, 15) is 4.79 Å². The Balaban J connectivity index is 1.36. The van der Waals surface area contributed by atoms with E-state index in [1.54, 1.807) is 30.0 Å². The molecule has 4 nitrogen and oxygen atoms in total. The van der Waals surface area contributed by atoms with E-state index in [-0.39, 0.29) is 11.3 Å². The van der Waals surface area contributed by atoms with Gasteiger partial charge in [0.05, 0.1) is 10.8 Å². The topological polar surface area (TPSA) is 38.8 Å². The zero-order chi connectivity index (χ0) is 23.5. The summed E-state index contributed by atoms with van der Waals surface area (Å²) in [6, 6.07) is 30.0. The van der Waals surface area contributed by atoms with Gasteiger partial charge in [-0.1, -0.05) is 53.5 Å². The zero-order valence-corrected chi connectivity index (χ0v) is 20.2. The van der Waals surface area contributed by atoms with Gasteiger partial charge >= 0.3 is 0 Å². The lowest BCUT2D eigenvalue weighted by Crippen LogP contribution is -2.27. The largest absolute Gasteiger partial charge is 0.457 e. The van der Waals surface area contributed by atoms with Crippen molar-refractivity contribution in [3.05, 3.63) is 113 Å². The van der Waals surface area contributed by atoms with E-state index in [0.717, 1.165) is 22.7 Å². The zero-order valence-electron chi connectivity index (χ0n) is 17.9. The molecule has 0 aliphatic carbocycles. The summed E-state index contributed by atoms with van der Waals surface area (Å²) in [5.41, 5.74) is 1.79. The lowest BCUT2D eigenvalue weighted by molar-refractivity contribution is -0.115. The SMILES string of the molecule is O=C1CSC(c2cccc(Oc3ccccc3)c2)N1c1ccc(Oc2ccc(Cl)cc2Cl)cc1. The van der Waals surface area contributed by atoms with Crippen molar-refractivity contribution in [2.45, 2.75) is 5.37 Å². The fourth-order valence-corrected chi connectivity index (χ4v) is 5.28. The van der Waals surface area contributed by atoms with Crippen LogP contribution in [0.15, 0.2) is 97.1 Å². The highest BCUT2D eigenvalue weighted by Gasteiger charge is 2.34. The molecule has 1 unspecified atom stereocenters. The molecule has 0 spiro atoms. The Labute approximate surface area is 212 Å². The van der Waals surface area contributed by atoms with Gasteiger partial charge in [0.25, 0.3) is 0 Å². The van der Waals surface area contributed by atoms with Gasteiger partial charge in [-0.2, -0.15) is 0 Å². The van der Waals surface area contributed by atoms with Crippen LogP contribution in [0.1, 0.15) is 10.9 Å². The average molecular weight is 508 g/mol. The standard InChI is InChI=1S/C27H19Cl2NO3S/c28-19-9-14-25(24(29)16-19)33-22-12-10-20(11-13-22)30-26(31)17-34-27(30)18-5-4-8-23(15-18)32-21-6-2-1-3-7-21/h1-16,27H,17H2. The number of amides is 1. The summed E-state index contributed by atoms with van der Waals surface area (Å²) >= 11 is 13.8. The number of halogens is 2.